The van der Waals surface area contributed by atoms with Gasteiger partial charge in [-0.3, -0.25) is 9.59 Å². The second-order valence-corrected chi connectivity index (χ2v) is 8.75. The van der Waals surface area contributed by atoms with Crippen molar-refractivity contribution in [2.45, 2.75) is 27.7 Å². The number of anilines is 2. The topological polar surface area (TPSA) is 58.2 Å². The predicted octanol–water partition coefficient (Wildman–Crippen LogP) is 7.09. The lowest BCUT2D eigenvalue weighted by Crippen LogP contribution is -2.14. The normalized spacial score (nSPS) is 10.6. The molecule has 0 unspecified atom stereocenters. The van der Waals surface area contributed by atoms with Gasteiger partial charge in [0.25, 0.3) is 11.8 Å². The fourth-order valence-corrected chi connectivity index (χ4v) is 4.25. The highest BCUT2D eigenvalue weighted by Gasteiger charge is 2.15. The Morgan fingerprint density at radius 2 is 0.824 bits per heavy atom. The van der Waals surface area contributed by atoms with Crippen LogP contribution in [-0.4, -0.2) is 11.8 Å². The van der Waals surface area contributed by atoms with Gasteiger partial charge in [0, 0.05) is 33.6 Å². The molecule has 0 spiro atoms. The average molecular weight is 449 g/mol. The molecule has 0 aromatic heterocycles. The zero-order valence-corrected chi connectivity index (χ0v) is 19.9. The van der Waals surface area contributed by atoms with Crippen molar-refractivity contribution in [3.05, 3.63) is 118 Å². The summed E-state index contributed by atoms with van der Waals surface area (Å²) in [6.07, 6.45) is 0. The van der Waals surface area contributed by atoms with E-state index in [1.54, 1.807) is 0 Å². The summed E-state index contributed by atoms with van der Waals surface area (Å²) in [5, 5.41) is 6.11. The third kappa shape index (κ3) is 5.24. The van der Waals surface area contributed by atoms with Gasteiger partial charge in [0.15, 0.2) is 0 Å². The Morgan fingerprint density at radius 1 is 0.500 bits per heavy atom. The van der Waals surface area contributed by atoms with E-state index >= 15 is 0 Å². The number of aryl methyl sites for hydroxylation is 4. The van der Waals surface area contributed by atoms with Gasteiger partial charge < -0.3 is 10.6 Å². The molecule has 4 aromatic rings. The van der Waals surface area contributed by atoms with Crippen molar-refractivity contribution < 1.29 is 9.59 Å². The molecule has 0 aliphatic heterocycles. The summed E-state index contributed by atoms with van der Waals surface area (Å²) in [7, 11) is 0. The summed E-state index contributed by atoms with van der Waals surface area (Å²) in [4.78, 5) is 26.1. The minimum Gasteiger partial charge on any atom is -0.321 e. The van der Waals surface area contributed by atoms with Crippen LogP contribution in [0.3, 0.4) is 0 Å². The number of benzene rings is 4. The van der Waals surface area contributed by atoms with Gasteiger partial charge in [0.2, 0.25) is 0 Å². The lowest BCUT2D eigenvalue weighted by Gasteiger charge is -2.16. The molecular formula is C30H28N2O2. The van der Waals surface area contributed by atoms with Gasteiger partial charge in [-0.25, -0.2) is 0 Å². The quantitative estimate of drug-likeness (QED) is 0.342. The lowest BCUT2D eigenvalue weighted by atomic mass is 10.0. The van der Waals surface area contributed by atoms with Crippen LogP contribution in [-0.2, 0) is 0 Å². The Kier molecular flexibility index (Phi) is 6.60. The molecule has 0 saturated heterocycles. The summed E-state index contributed by atoms with van der Waals surface area (Å²) in [5.41, 5.74) is 8.41. The highest BCUT2D eigenvalue weighted by Crippen LogP contribution is 2.34. The highest BCUT2D eigenvalue weighted by molar-refractivity contribution is 6.09. The number of hydrogen-bond donors (Lipinski definition) is 2. The maximum atomic E-state index is 13.0. The van der Waals surface area contributed by atoms with Crippen molar-refractivity contribution in [3.63, 3.8) is 0 Å². The van der Waals surface area contributed by atoms with Gasteiger partial charge in [-0.1, -0.05) is 70.8 Å². The number of carbonyl (C=O) groups is 2. The number of carbonyl (C=O) groups excluding carboxylic acids is 2. The first kappa shape index (κ1) is 23.0. The van der Waals surface area contributed by atoms with Gasteiger partial charge in [0.05, 0.1) is 0 Å². The third-order valence-corrected chi connectivity index (χ3v) is 5.61. The summed E-state index contributed by atoms with van der Waals surface area (Å²) < 4.78 is 0. The molecule has 0 fully saturated rings. The molecule has 4 nitrogen and oxygen atoms in total. The van der Waals surface area contributed by atoms with E-state index in [2.05, 4.69) is 10.6 Å². The second kappa shape index (κ2) is 9.75. The molecule has 0 aliphatic rings. The molecule has 4 aromatic carbocycles. The van der Waals surface area contributed by atoms with Crippen LogP contribution in [0.25, 0.3) is 11.1 Å². The average Bonchev–Trinajstić information content (AvgIpc) is 2.78. The molecule has 2 N–H and O–H groups in total. The monoisotopic (exact) mass is 448 g/mol. The summed E-state index contributed by atoms with van der Waals surface area (Å²) in [5.74, 6) is -0.341. The van der Waals surface area contributed by atoms with Crippen molar-refractivity contribution in [2.75, 3.05) is 10.6 Å². The molecule has 0 heterocycles. The zero-order chi connectivity index (χ0) is 24.2. The standard InChI is InChI=1S/C30H28N2O2/c1-19-13-20(2)16-23(15-19)29(33)31-27-11-7-5-9-25(27)26-10-6-8-12-28(26)32-30(34)24-17-21(3)14-22(4)18-24/h5-18H,1-4H3,(H,31,33)(H,32,34). The minimum absolute atomic E-state index is 0.170. The summed E-state index contributed by atoms with van der Waals surface area (Å²) in [6, 6.07) is 26.8. The van der Waals surface area contributed by atoms with Crippen LogP contribution in [0, 0.1) is 27.7 Å². The van der Waals surface area contributed by atoms with Gasteiger partial charge in [-0.15, -0.1) is 0 Å². The largest absolute Gasteiger partial charge is 0.321 e. The van der Waals surface area contributed by atoms with Crippen molar-refractivity contribution >= 4 is 23.2 Å². The fraction of sp³-hybridized carbons (Fsp3) is 0.133. The summed E-state index contributed by atoms with van der Waals surface area (Å²) >= 11 is 0. The second-order valence-electron chi connectivity index (χ2n) is 8.75. The SMILES string of the molecule is Cc1cc(C)cc(C(=O)Nc2ccccc2-c2ccccc2NC(=O)c2cc(C)cc(C)c2)c1. The van der Waals surface area contributed by atoms with E-state index in [0.29, 0.717) is 22.5 Å². The van der Waals surface area contributed by atoms with Crippen LogP contribution < -0.4 is 10.6 Å². The Morgan fingerprint density at radius 3 is 1.18 bits per heavy atom. The zero-order valence-electron chi connectivity index (χ0n) is 19.9. The number of para-hydroxylation sites is 2. The fourth-order valence-electron chi connectivity index (χ4n) is 4.25. The molecule has 0 bridgehead atoms. The molecule has 0 saturated carbocycles. The van der Waals surface area contributed by atoms with E-state index in [-0.39, 0.29) is 11.8 Å². The molecule has 2 amide bonds. The minimum atomic E-state index is -0.170. The first-order valence-corrected chi connectivity index (χ1v) is 11.3. The van der Waals surface area contributed by atoms with Crippen LogP contribution in [0.1, 0.15) is 43.0 Å². The van der Waals surface area contributed by atoms with Crippen molar-refractivity contribution in [1.29, 1.82) is 0 Å². The summed E-state index contributed by atoms with van der Waals surface area (Å²) in [6.45, 7) is 7.91. The third-order valence-electron chi connectivity index (χ3n) is 5.61. The maximum absolute atomic E-state index is 13.0. The first-order valence-electron chi connectivity index (χ1n) is 11.3. The van der Waals surface area contributed by atoms with Gasteiger partial charge >= 0.3 is 0 Å². The smallest absolute Gasteiger partial charge is 0.255 e. The van der Waals surface area contributed by atoms with Crippen molar-refractivity contribution in [2.24, 2.45) is 0 Å². The van der Waals surface area contributed by atoms with E-state index in [4.69, 9.17) is 0 Å². The van der Waals surface area contributed by atoms with Crippen molar-refractivity contribution in [1.82, 2.24) is 0 Å². The van der Waals surface area contributed by atoms with Crippen molar-refractivity contribution in [3.8, 4) is 11.1 Å². The molecule has 170 valence electrons. The van der Waals surface area contributed by atoms with E-state index < -0.39 is 0 Å². The van der Waals surface area contributed by atoms with Crippen LogP contribution in [0.2, 0.25) is 0 Å². The van der Waals surface area contributed by atoms with Crippen LogP contribution >= 0.6 is 0 Å². The Balaban J connectivity index is 1.66. The van der Waals surface area contributed by atoms with Crippen LogP contribution in [0.5, 0.6) is 0 Å². The van der Waals surface area contributed by atoms with Gasteiger partial charge in [0.1, 0.15) is 0 Å². The van der Waals surface area contributed by atoms with E-state index in [1.807, 2.05) is 113 Å². The Hall–Kier alpha value is -4.18. The van der Waals surface area contributed by atoms with E-state index in [0.717, 1.165) is 33.4 Å². The maximum Gasteiger partial charge on any atom is 0.255 e. The molecule has 4 heteroatoms. The molecule has 0 atom stereocenters. The lowest BCUT2D eigenvalue weighted by molar-refractivity contribution is 0.101. The number of nitrogens with one attached hydrogen (secondary N) is 2. The molecule has 4 rings (SSSR count). The van der Waals surface area contributed by atoms with Gasteiger partial charge in [-0.05, 0) is 64.1 Å². The van der Waals surface area contributed by atoms with Crippen LogP contribution in [0.4, 0.5) is 11.4 Å². The molecular weight excluding hydrogens is 420 g/mol. The van der Waals surface area contributed by atoms with E-state index in [9.17, 15) is 9.59 Å². The van der Waals surface area contributed by atoms with E-state index in [1.165, 1.54) is 0 Å². The Labute approximate surface area is 200 Å². The highest BCUT2D eigenvalue weighted by atomic mass is 16.2. The Bertz CT molecular complexity index is 1240. The molecule has 0 radical (unpaired) electrons. The molecule has 34 heavy (non-hydrogen) atoms. The van der Waals surface area contributed by atoms with Gasteiger partial charge in [-0.2, -0.15) is 0 Å². The van der Waals surface area contributed by atoms with Crippen LogP contribution in [0.15, 0.2) is 84.9 Å². The number of hydrogen-bond acceptors (Lipinski definition) is 2. The molecule has 0 aliphatic carbocycles. The number of rotatable bonds is 5. The number of amides is 2. The predicted molar refractivity (Wildman–Crippen MR) is 140 cm³/mol. The first-order chi connectivity index (χ1) is 16.3.